The summed E-state index contributed by atoms with van der Waals surface area (Å²) in [5, 5.41) is 13.0. The lowest BCUT2D eigenvalue weighted by Crippen LogP contribution is -2.35. The van der Waals surface area contributed by atoms with E-state index in [-0.39, 0.29) is 11.4 Å². The van der Waals surface area contributed by atoms with Crippen molar-refractivity contribution < 1.29 is 9.53 Å². The fourth-order valence-electron chi connectivity index (χ4n) is 5.36. The highest BCUT2D eigenvalue weighted by Gasteiger charge is 2.22. The van der Waals surface area contributed by atoms with Crippen LogP contribution in [-0.4, -0.2) is 52.0 Å². The van der Waals surface area contributed by atoms with E-state index in [1.807, 2.05) is 49.4 Å². The van der Waals surface area contributed by atoms with Crippen LogP contribution in [0.5, 0.6) is 0 Å². The van der Waals surface area contributed by atoms with Crippen LogP contribution in [0.2, 0.25) is 0 Å². The average molecular weight is 575 g/mol. The molecular formula is C35H38N6O2. The Kier molecular flexibility index (Phi) is 7.97. The maximum absolute atomic E-state index is 13.4. The third kappa shape index (κ3) is 6.45. The topological polar surface area (TPSA) is 84.3 Å². The van der Waals surface area contributed by atoms with Crippen LogP contribution in [0.25, 0.3) is 27.6 Å². The number of anilines is 2. The molecule has 1 fully saturated rings. The number of nitrogens with one attached hydrogen (secondary N) is 2. The molecule has 3 heterocycles. The predicted molar refractivity (Wildman–Crippen MR) is 173 cm³/mol. The van der Waals surface area contributed by atoms with E-state index in [9.17, 15) is 4.79 Å². The van der Waals surface area contributed by atoms with Crippen molar-refractivity contribution in [2.75, 3.05) is 36.9 Å². The zero-order valence-electron chi connectivity index (χ0n) is 25.2. The van der Waals surface area contributed by atoms with Crippen LogP contribution in [-0.2, 0) is 16.7 Å². The third-order valence-electron chi connectivity index (χ3n) is 7.81. The van der Waals surface area contributed by atoms with Crippen molar-refractivity contribution in [3.05, 3.63) is 102 Å². The Balaban J connectivity index is 1.24. The number of ether oxygens (including phenoxy) is 1. The van der Waals surface area contributed by atoms with Gasteiger partial charge in [0.1, 0.15) is 5.82 Å². The number of benzene rings is 3. The van der Waals surface area contributed by atoms with Crippen LogP contribution in [0.15, 0.2) is 85.1 Å². The number of hydrogen-bond acceptors (Lipinski definition) is 5. The first-order chi connectivity index (χ1) is 20.7. The van der Waals surface area contributed by atoms with Crippen LogP contribution in [0.4, 0.5) is 16.3 Å². The molecule has 0 radical (unpaired) electrons. The van der Waals surface area contributed by atoms with Crippen molar-refractivity contribution in [3.8, 4) is 16.8 Å². The standard InChI is InChI=1S/C35H38N6O2/c1-24-9-14-27(22-36-24)41-33(21-32(39-41)35(2,3)4)38-34(42)37-31-16-15-28(29-7-5-6-8-30(29)31)26-12-10-25(11-13-26)23-40-17-19-43-20-18-40/h5-16,21-22H,17-20,23H2,1-4H3,(H2,37,38,42). The van der Waals surface area contributed by atoms with Crippen LogP contribution in [0.3, 0.4) is 0 Å². The number of nitrogens with zero attached hydrogens (tertiary/aromatic N) is 4. The lowest BCUT2D eigenvalue weighted by Gasteiger charge is -2.26. The van der Waals surface area contributed by atoms with Gasteiger partial charge in [-0.05, 0) is 47.2 Å². The summed E-state index contributed by atoms with van der Waals surface area (Å²) in [6, 6.07) is 26.5. The van der Waals surface area contributed by atoms with Crippen molar-refractivity contribution in [1.29, 1.82) is 0 Å². The number of morpholine rings is 1. The Morgan fingerprint density at radius 1 is 0.907 bits per heavy atom. The van der Waals surface area contributed by atoms with Gasteiger partial charge in [-0.1, -0.05) is 75.4 Å². The van der Waals surface area contributed by atoms with Gasteiger partial charge in [-0.3, -0.25) is 15.2 Å². The summed E-state index contributed by atoms with van der Waals surface area (Å²) >= 11 is 0. The summed E-state index contributed by atoms with van der Waals surface area (Å²) in [5.74, 6) is 0.575. The van der Waals surface area contributed by atoms with Crippen molar-refractivity contribution in [1.82, 2.24) is 19.7 Å². The van der Waals surface area contributed by atoms with E-state index in [0.29, 0.717) is 5.82 Å². The molecule has 43 heavy (non-hydrogen) atoms. The van der Waals surface area contributed by atoms with Gasteiger partial charge < -0.3 is 10.1 Å². The predicted octanol–water partition coefficient (Wildman–Crippen LogP) is 7.17. The largest absolute Gasteiger partial charge is 0.379 e. The quantitative estimate of drug-likeness (QED) is 0.225. The van der Waals surface area contributed by atoms with Gasteiger partial charge in [-0.2, -0.15) is 5.10 Å². The van der Waals surface area contributed by atoms with E-state index < -0.39 is 0 Å². The molecule has 2 N–H and O–H groups in total. The van der Waals surface area contributed by atoms with E-state index >= 15 is 0 Å². The Morgan fingerprint density at radius 3 is 2.35 bits per heavy atom. The fraction of sp³-hybridized carbons (Fsp3) is 0.286. The highest BCUT2D eigenvalue weighted by molar-refractivity contribution is 6.09. The second kappa shape index (κ2) is 12.0. The molecule has 1 aliphatic heterocycles. The molecule has 8 heteroatoms. The first-order valence-corrected chi connectivity index (χ1v) is 14.8. The second-order valence-electron chi connectivity index (χ2n) is 12.1. The van der Waals surface area contributed by atoms with E-state index in [0.717, 1.165) is 77.5 Å². The van der Waals surface area contributed by atoms with Gasteiger partial charge in [-0.25, -0.2) is 9.48 Å². The number of carbonyl (C=O) groups excluding carboxylic acids is 1. The molecular weight excluding hydrogens is 536 g/mol. The normalized spacial score (nSPS) is 14.1. The second-order valence-corrected chi connectivity index (χ2v) is 12.1. The van der Waals surface area contributed by atoms with Crippen molar-refractivity contribution in [3.63, 3.8) is 0 Å². The lowest BCUT2D eigenvalue weighted by molar-refractivity contribution is 0.0342. The lowest BCUT2D eigenvalue weighted by atomic mass is 9.92. The van der Waals surface area contributed by atoms with Crippen LogP contribution >= 0.6 is 0 Å². The minimum absolute atomic E-state index is 0.191. The monoisotopic (exact) mass is 574 g/mol. The number of pyridine rings is 1. The van der Waals surface area contributed by atoms with E-state index in [2.05, 4.69) is 77.7 Å². The van der Waals surface area contributed by atoms with Gasteiger partial charge in [0.05, 0.1) is 36.5 Å². The van der Waals surface area contributed by atoms with E-state index in [1.54, 1.807) is 10.9 Å². The van der Waals surface area contributed by atoms with Crippen LogP contribution in [0, 0.1) is 6.92 Å². The number of rotatable bonds is 6. The summed E-state index contributed by atoms with van der Waals surface area (Å²) in [4.78, 5) is 20.2. The van der Waals surface area contributed by atoms with Gasteiger partial charge in [-0.15, -0.1) is 0 Å². The highest BCUT2D eigenvalue weighted by atomic mass is 16.5. The summed E-state index contributed by atoms with van der Waals surface area (Å²) in [6.45, 7) is 12.7. The minimum atomic E-state index is -0.341. The fourth-order valence-corrected chi connectivity index (χ4v) is 5.36. The molecule has 2 amide bonds. The summed E-state index contributed by atoms with van der Waals surface area (Å²) in [6.07, 6.45) is 1.76. The average Bonchev–Trinajstić information content (AvgIpc) is 3.43. The smallest absolute Gasteiger partial charge is 0.324 e. The molecule has 0 unspecified atom stereocenters. The van der Waals surface area contributed by atoms with Gasteiger partial charge in [0.25, 0.3) is 0 Å². The number of fused-ring (bicyclic) bond motifs is 1. The number of amides is 2. The third-order valence-corrected chi connectivity index (χ3v) is 7.81. The molecule has 3 aromatic carbocycles. The first kappa shape index (κ1) is 28.6. The molecule has 0 aliphatic carbocycles. The highest BCUT2D eigenvalue weighted by Crippen LogP contribution is 2.34. The maximum Gasteiger partial charge on any atom is 0.324 e. The molecule has 0 spiro atoms. The molecule has 1 aliphatic rings. The molecule has 8 nitrogen and oxygen atoms in total. The minimum Gasteiger partial charge on any atom is -0.379 e. The maximum atomic E-state index is 13.4. The Hall–Kier alpha value is -4.53. The summed E-state index contributed by atoms with van der Waals surface area (Å²) < 4.78 is 7.21. The van der Waals surface area contributed by atoms with Gasteiger partial charge in [0, 0.05) is 42.2 Å². The SMILES string of the molecule is Cc1ccc(-n2nc(C(C)(C)C)cc2NC(=O)Nc2ccc(-c3ccc(CN4CCOCC4)cc3)c3ccccc23)cn1. The van der Waals surface area contributed by atoms with Gasteiger partial charge in [0.15, 0.2) is 0 Å². The summed E-state index contributed by atoms with van der Waals surface area (Å²) in [7, 11) is 0. The molecule has 0 atom stereocenters. The number of urea groups is 1. The van der Waals surface area contributed by atoms with Crippen molar-refractivity contribution >= 4 is 28.3 Å². The Bertz CT molecular complexity index is 1730. The summed E-state index contributed by atoms with van der Waals surface area (Å²) in [5.41, 5.74) is 6.67. The number of aryl methyl sites for hydroxylation is 1. The molecule has 6 rings (SSSR count). The van der Waals surface area contributed by atoms with Crippen LogP contribution in [0.1, 0.15) is 37.7 Å². The van der Waals surface area contributed by atoms with Crippen LogP contribution < -0.4 is 10.6 Å². The Labute approximate surface area is 252 Å². The molecule has 0 bridgehead atoms. The molecule has 2 aromatic heterocycles. The van der Waals surface area contributed by atoms with Crippen molar-refractivity contribution in [2.45, 2.75) is 39.7 Å². The van der Waals surface area contributed by atoms with Gasteiger partial charge >= 0.3 is 6.03 Å². The van der Waals surface area contributed by atoms with Crippen molar-refractivity contribution in [2.24, 2.45) is 0 Å². The molecule has 1 saturated heterocycles. The zero-order chi connectivity index (χ0) is 30.0. The van der Waals surface area contributed by atoms with E-state index in [1.165, 1.54) is 5.56 Å². The Morgan fingerprint density at radius 2 is 1.65 bits per heavy atom. The van der Waals surface area contributed by atoms with E-state index in [4.69, 9.17) is 9.84 Å². The number of hydrogen-bond donors (Lipinski definition) is 2. The molecule has 220 valence electrons. The first-order valence-electron chi connectivity index (χ1n) is 14.8. The number of aromatic nitrogens is 3. The molecule has 5 aromatic rings. The zero-order valence-corrected chi connectivity index (χ0v) is 25.2. The number of carbonyl (C=O) groups is 1. The van der Waals surface area contributed by atoms with Gasteiger partial charge in [0.2, 0.25) is 0 Å². The molecule has 0 saturated carbocycles.